The van der Waals surface area contributed by atoms with E-state index < -0.39 is 0 Å². The van der Waals surface area contributed by atoms with Crippen molar-refractivity contribution in [3.8, 4) is 23.0 Å². The molecule has 9 heteroatoms. The molecule has 0 bridgehead atoms. The number of benzene rings is 3. The van der Waals surface area contributed by atoms with Crippen LogP contribution in [0, 0.1) is 6.92 Å². The Bertz CT molecular complexity index is 1340. The van der Waals surface area contributed by atoms with Crippen molar-refractivity contribution in [2.24, 2.45) is 0 Å². The SMILES string of the molecule is COc1ccccc1OCCN1C(=O)S/C(=C\c2cc(Br)c(OCc3ccccc3C)c(OC)c2)C1=O. The molecule has 3 aromatic carbocycles. The van der Waals surface area contributed by atoms with Gasteiger partial charge in [0, 0.05) is 0 Å². The second-order valence-corrected chi connectivity index (χ2v) is 9.93. The van der Waals surface area contributed by atoms with Gasteiger partial charge in [0.25, 0.3) is 11.1 Å². The maximum atomic E-state index is 13.0. The number of aryl methyl sites for hydroxylation is 1. The van der Waals surface area contributed by atoms with Crippen molar-refractivity contribution in [3.05, 3.63) is 86.7 Å². The number of halogens is 1. The Balaban J connectivity index is 1.45. The van der Waals surface area contributed by atoms with Gasteiger partial charge in [0.2, 0.25) is 0 Å². The molecule has 0 saturated carbocycles. The Morgan fingerprint density at radius 3 is 2.35 bits per heavy atom. The number of carbonyl (C=O) groups is 2. The van der Waals surface area contributed by atoms with E-state index in [4.69, 9.17) is 18.9 Å². The zero-order valence-electron chi connectivity index (χ0n) is 20.7. The molecule has 0 unspecified atom stereocenters. The topological polar surface area (TPSA) is 74.3 Å². The third kappa shape index (κ3) is 6.29. The van der Waals surface area contributed by atoms with Gasteiger partial charge < -0.3 is 18.9 Å². The summed E-state index contributed by atoms with van der Waals surface area (Å²) in [6, 6.07) is 18.8. The van der Waals surface area contributed by atoms with Gasteiger partial charge in [0.1, 0.15) is 13.2 Å². The summed E-state index contributed by atoms with van der Waals surface area (Å²) in [5.74, 6) is 1.84. The van der Waals surface area contributed by atoms with Crippen LogP contribution in [-0.2, 0) is 11.4 Å². The van der Waals surface area contributed by atoms with Crippen molar-refractivity contribution in [1.82, 2.24) is 4.90 Å². The molecule has 1 heterocycles. The Labute approximate surface area is 228 Å². The van der Waals surface area contributed by atoms with Crippen LogP contribution in [0.4, 0.5) is 4.79 Å². The average molecular weight is 584 g/mol. The summed E-state index contributed by atoms with van der Waals surface area (Å²) in [6.45, 7) is 2.69. The van der Waals surface area contributed by atoms with Crippen LogP contribution >= 0.6 is 27.7 Å². The molecular weight excluding hydrogens is 558 g/mol. The number of methoxy groups -OCH3 is 2. The molecule has 1 aliphatic heterocycles. The fraction of sp³-hybridized carbons (Fsp3) is 0.214. The summed E-state index contributed by atoms with van der Waals surface area (Å²) in [6.07, 6.45) is 1.67. The Kier molecular flexibility index (Phi) is 8.78. The molecule has 0 aliphatic carbocycles. The fourth-order valence-corrected chi connectivity index (χ4v) is 5.15. The molecule has 4 rings (SSSR count). The molecule has 1 saturated heterocycles. The van der Waals surface area contributed by atoms with Crippen molar-refractivity contribution in [2.75, 3.05) is 27.4 Å². The molecule has 2 amide bonds. The van der Waals surface area contributed by atoms with Gasteiger partial charge in [-0.25, -0.2) is 0 Å². The fourth-order valence-electron chi connectivity index (χ4n) is 3.71. The summed E-state index contributed by atoms with van der Waals surface area (Å²) in [4.78, 5) is 27.0. The van der Waals surface area contributed by atoms with E-state index in [1.54, 1.807) is 38.5 Å². The van der Waals surface area contributed by atoms with E-state index in [-0.39, 0.29) is 24.3 Å². The number of thioether (sulfide) groups is 1. The standard InChI is InChI=1S/C28H26BrNO6S/c1-18-8-4-5-9-20(18)17-36-26-21(29)14-19(15-24(26)34-3)16-25-27(31)30(28(32)37-25)12-13-35-23-11-7-6-10-22(23)33-2/h4-11,14-16H,12-13,17H2,1-3H3/b25-16-. The second kappa shape index (κ2) is 12.2. The lowest BCUT2D eigenvalue weighted by Gasteiger charge is -2.15. The minimum absolute atomic E-state index is 0.124. The first kappa shape index (κ1) is 26.6. The van der Waals surface area contributed by atoms with E-state index >= 15 is 0 Å². The first-order chi connectivity index (χ1) is 17.9. The molecular formula is C28H26BrNO6S. The molecule has 1 aliphatic rings. The number of carbonyl (C=O) groups excluding carboxylic acids is 2. The highest BCUT2D eigenvalue weighted by molar-refractivity contribution is 9.10. The predicted molar refractivity (Wildman–Crippen MR) is 147 cm³/mol. The van der Waals surface area contributed by atoms with Crippen molar-refractivity contribution in [3.63, 3.8) is 0 Å². The van der Waals surface area contributed by atoms with Gasteiger partial charge in [-0.3, -0.25) is 14.5 Å². The lowest BCUT2D eigenvalue weighted by molar-refractivity contribution is -0.123. The molecule has 0 aromatic heterocycles. The first-order valence-electron chi connectivity index (χ1n) is 11.5. The van der Waals surface area contributed by atoms with Crippen molar-refractivity contribution in [1.29, 1.82) is 0 Å². The highest BCUT2D eigenvalue weighted by atomic mass is 79.9. The average Bonchev–Trinajstić information content (AvgIpc) is 3.16. The number of ether oxygens (including phenoxy) is 4. The molecule has 1 fully saturated rings. The number of imide groups is 1. The van der Waals surface area contributed by atoms with E-state index in [1.807, 2.05) is 49.4 Å². The van der Waals surface area contributed by atoms with Gasteiger partial charge >= 0.3 is 0 Å². The highest BCUT2D eigenvalue weighted by Crippen LogP contribution is 2.39. The summed E-state index contributed by atoms with van der Waals surface area (Å²) >= 11 is 4.45. The number of hydrogen-bond donors (Lipinski definition) is 0. The van der Waals surface area contributed by atoms with Gasteiger partial charge in [-0.2, -0.15) is 0 Å². The maximum absolute atomic E-state index is 13.0. The largest absolute Gasteiger partial charge is 0.493 e. The number of para-hydroxylation sites is 2. The molecule has 0 spiro atoms. The molecule has 0 atom stereocenters. The van der Waals surface area contributed by atoms with Gasteiger partial charge in [-0.1, -0.05) is 36.4 Å². The van der Waals surface area contributed by atoms with Crippen LogP contribution in [0.3, 0.4) is 0 Å². The molecule has 7 nitrogen and oxygen atoms in total. The summed E-state index contributed by atoms with van der Waals surface area (Å²) < 4.78 is 23.3. The second-order valence-electron chi connectivity index (χ2n) is 8.08. The first-order valence-corrected chi connectivity index (χ1v) is 13.1. The smallest absolute Gasteiger partial charge is 0.293 e. The van der Waals surface area contributed by atoms with Crippen LogP contribution < -0.4 is 18.9 Å². The molecule has 37 heavy (non-hydrogen) atoms. The highest BCUT2D eigenvalue weighted by Gasteiger charge is 2.35. The minimum atomic E-state index is -0.367. The summed E-state index contributed by atoms with van der Waals surface area (Å²) in [7, 11) is 3.11. The van der Waals surface area contributed by atoms with Crippen LogP contribution in [0.15, 0.2) is 70.0 Å². The Morgan fingerprint density at radius 1 is 0.919 bits per heavy atom. The zero-order valence-corrected chi connectivity index (χ0v) is 23.1. The Morgan fingerprint density at radius 2 is 1.62 bits per heavy atom. The number of nitrogens with zero attached hydrogens (tertiary/aromatic N) is 1. The van der Waals surface area contributed by atoms with Crippen LogP contribution in [0.5, 0.6) is 23.0 Å². The summed E-state index contributed by atoms with van der Waals surface area (Å²) in [5.41, 5.74) is 2.91. The van der Waals surface area contributed by atoms with Crippen molar-refractivity contribution >= 4 is 44.9 Å². The third-order valence-electron chi connectivity index (χ3n) is 5.70. The number of hydrogen-bond acceptors (Lipinski definition) is 7. The van der Waals surface area contributed by atoms with Gasteiger partial charge in [-0.05, 0) is 81.6 Å². The van der Waals surface area contributed by atoms with Gasteiger partial charge in [-0.15, -0.1) is 0 Å². The third-order valence-corrected chi connectivity index (χ3v) is 7.19. The summed E-state index contributed by atoms with van der Waals surface area (Å²) in [5, 5.41) is -0.343. The molecule has 192 valence electrons. The van der Waals surface area contributed by atoms with E-state index in [9.17, 15) is 9.59 Å². The van der Waals surface area contributed by atoms with E-state index in [0.29, 0.717) is 44.5 Å². The van der Waals surface area contributed by atoms with Crippen LogP contribution in [0.25, 0.3) is 6.08 Å². The van der Waals surface area contributed by atoms with Crippen LogP contribution in [0.1, 0.15) is 16.7 Å². The van der Waals surface area contributed by atoms with Crippen LogP contribution in [0.2, 0.25) is 0 Å². The van der Waals surface area contributed by atoms with Crippen molar-refractivity contribution in [2.45, 2.75) is 13.5 Å². The lowest BCUT2D eigenvalue weighted by Crippen LogP contribution is -2.32. The maximum Gasteiger partial charge on any atom is 0.293 e. The van der Waals surface area contributed by atoms with E-state index in [1.165, 1.54) is 4.90 Å². The number of rotatable bonds is 10. The quantitative estimate of drug-likeness (QED) is 0.253. The van der Waals surface area contributed by atoms with Gasteiger partial charge in [0.15, 0.2) is 23.0 Å². The zero-order chi connectivity index (χ0) is 26.4. The lowest BCUT2D eigenvalue weighted by atomic mass is 10.1. The minimum Gasteiger partial charge on any atom is -0.493 e. The molecule has 0 N–H and O–H groups in total. The Hall–Kier alpha value is -3.43. The molecule has 3 aromatic rings. The van der Waals surface area contributed by atoms with E-state index in [0.717, 1.165) is 22.9 Å². The predicted octanol–water partition coefficient (Wildman–Crippen LogP) is 6.47. The van der Waals surface area contributed by atoms with Crippen molar-refractivity contribution < 1.29 is 28.5 Å². The monoisotopic (exact) mass is 583 g/mol. The van der Waals surface area contributed by atoms with Gasteiger partial charge in [0.05, 0.1) is 30.1 Å². The van der Waals surface area contributed by atoms with E-state index in [2.05, 4.69) is 15.9 Å². The van der Waals surface area contributed by atoms with Crippen LogP contribution in [-0.4, -0.2) is 43.4 Å². The normalized spacial score (nSPS) is 14.3. The molecule has 0 radical (unpaired) electrons. The number of amides is 2.